The van der Waals surface area contributed by atoms with Gasteiger partial charge in [-0.25, -0.2) is 0 Å². The van der Waals surface area contributed by atoms with Crippen LogP contribution in [0.2, 0.25) is 0 Å². The molecule has 112 valence electrons. The third kappa shape index (κ3) is 4.16. The third-order valence-corrected chi connectivity index (χ3v) is 2.97. The molecule has 0 fully saturated rings. The summed E-state index contributed by atoms with van der Waals surface area (Å²) in [6, 6.07) is 13.4. The molecule has 0 aliphatic heterocycles. The van der Waals surface area contributed by atoms with Crippen LogP contribution in [0.15, 0.2) is 48.5 Å². The normalized spacial score (nSPS) is 12.2. The van der Waals surface area contributed by atoms with Gasteiger partial charge in [0, 0.05) is 0 Å². The largest absolute Gasteiger partial charge is 0.494 e. The topological polar surface area (TPSA) is 44.5 Å². The molecule has 5 heteroatoms. The van der Waals surface area contributed by atoms with Crippen molar-refractivity contribution < 1.29 is 18.3 Å². The molecular weight excluding hydrogens is 276 g/mol. The van der Waals surface area contributed by atoms with E-state index in [4.69, 9.17) is 10.5 Å². The Morgan fingerprint density at radius 3 is 2.14 bits per heavy atom. The van der Waals surface area contributed by atoms with Gasteiger partial charge in [-0.3, -0.25) is 0 Å². The number of benzene rings is 2. The molecule has 0 spiro atoms. The SMILES string of the molecule is CCOc1cccc(C(N)c2cccc(OC(F)F)c2)c1. The number of alkyl halides is 2. The van der Waals surface area contributed by atoms with E-state index < -0.39 is 12.7 Å². The van der Waals surface area contributed by atoms with Crippen LogP contribution in [0, 0.1) is 0 Å². The number of nitrogens with two attached hydrogens (primary N) is 1. The number of halogens is 2. The van der Waals surface area contributed by atoms with Crippen LogP contribution >= 0.6 is 0 Å². The number of rotatable bonds is 6. The van der Waals surface area contributed by atoms with E-state index in [0.717, 1.165) is 11.3 Å². The summed E-state index contributed by atoms with van der Waals surface area (Å²) in [5.41, 5.74) is 7.72. The van der Waals surface area contributed by atoms with Crippen molar-refractivity contribution >= 4 is 0 Å². The molecule has 0 saturated carbocycles. The second-order valence-corrected chi connectivity index (χ2v) is 4.43. The Morgan fingerprint density at radius 2 is 1.57 bits per heavy atom. The van der Waals surface area contributed by atoms with Gasteiger partial charge < -0.3 is 15.2 Å². The molecule has 0 bridgehead atoms. The Kier molecular flexibility index (Phi) is 5.11. The highest BCUT2D eigenvalue weighted by Crippen LogP contribution is 2.26. The molecule has 2 N–H and O–H groups in total. The summed E-state index contributed by atoms with van der Waals surface area (Å²) in [5.74, 6) is 0.823. The highest BCUT2D eigenvalue weighted by molar-refractivity contribution is 5.39. The number of ether oxygens (including phenoxy) is 2. The fourth-order valence-electron chi connectivity index (χ4n) is 2.04. The number of hydrogen-bond donors (Lipinski definition) is 1. The molecule has 2 aromatic carbocycles. The minimum Gasteiger partial charge on any atom is -0.494 e. The zero-order valence-corrected chi connectivity index (χ0v) is 11.6. The summed E-state index contributed by atoms with van der Waals surface area (Å²) in [5, 5.41) is 0. The van der Waals surface area contributed by atoms with Gasteiger partial charge in [0.2, 0.25) is 0 Å². The van der Waals surface area contributed by atoms with Crippen molar-refractivity contribution in [2.24, 2.45) is 5.73 Å². The second-order valence-electron chi connectivity index (χ2n) is 4.43. The summed E-state index contributed by atoms with van der Waals surface area (Å²) in [4.78, 5) is 0. The van der Waals surface area contributed by atoms with Gasteiger partial charge in [-0.1, -0.05) is 24.3 Å². The monoisotopic (exact) mass is 293 g/mol. The molecule has 21 heavy (non-hydrogen) atoms. The zero-order chi connectivity index (χ0) is 15.2. The van der Waals surface area contributed by atoms with Crippen LogP contribution in [0.3, 0.4) is 0 Å². The Balaban J connectivity index is 2.22. The fourth-order valence-corrected chi connectivity index (χ4v) is 2.04. The Bertz CT molecular complexity index is 590. The summed E-state index contributed by atoms with van der Waals surface area (Å²) < 4.78 is 34.3. The Hall–Kier alpha value is -2.14. The van der Waals surface area contributed by atoms with Crippen LogP contribution in [0.1, 0.15) is 24.1 Å². The van der Waals surface area contributed by atoms with Gasteiger partial charge >= 0.3 is 6.61 Å². The van der Waals surface area contributed by atoms with Crippen molar-refractivity contribution in [2.75, 3.05) is 6.61 Å². The smallest absolute Gasteiger partial charge is 0.387 e. The summed E-state index contributed by atoms with van der Waals surface area (Å²) in [6.07, 6.45) is 0. The maximum absolute atomic E-state index is 12.2. The molecule has 0 saturated heterocycles. The first-order chi connectivity index (χ1) is 10.1. The van der Waals surface area contributed by atoms with Crippen LogP contribution in [0.25, 0.3) is 0 Å². The van der Waals surface area contributed by atoms with Crippen molar-refractivity contribution in [1.29, 1.82) is 0 Å². The van der Waals surface area contributed by atoms with Gasteiger partial charge in [-0.15, -0.1) is 0 Å². The van der Waals surface area contributed by atoms with Gasteiger partial charge in [0.25, 0.3) is 0 Å². The molecule has 2 aromatic rings. The summed E-state index contributed by atoms with van der Waals surface area (Å²) in [7, 11) is 0. The predicted molar refractivity (Wildman–Crippen MR) is 76.7 cm³/mol. The second kappa shape index (κ2) is 7.04. The van der Waals surface area contributed by atoms with Crippen molar-refractivity contribution in [1.82, 2.24) is 0 Å². The van der Waals surface area contributed by atoms with Crippen LogP contribution < -0.4 is 15.2 Å². The third-order valence-electron chi connectivity index (χ3n) is 2.97. The minimum absolute atomic E-state index is 0.0962. The van der Waals surface area contributed by atoms with Crippen molar-refractivity contribution in [2.45, 2.75) is 19.6 Å². The van der Waals surface area contributed by atoms with Crippen LogP contribution in [0.5, 0.6) is 11.5 Å². The molecule has 0 amide bonds. The first kappa shape index (κ1) is 15.3. The van der Waals surface area contributed by atoms with E-state index in [9.17, 15) is 8.78 Å². The van der Waals surface area contributed by atoms with Crippen molar-refractivity contribution in [3.63, 3.8) is 0 Å². The van der Waals surface area contributed by atoms with Gasteiger partial charge in [0.15, 0.2) is 0 Å². The molecule has 0 heterocycles. The Labute approximate surface area is 122 Å². The van der Waals surface area contributed by atoms with Gasteiger partial charge in [0.1, 0.15) is 11.5 Å². The van der Waals surface area contributed by atoms with E-state index in [1.165, 1.54) is 12.1 Å². The molecule has 0 aromatic heterocycles. The van der Waals surface area contributed by atoms with Crippen LogP contribution in [-0.4, -0.2) is 13.2 Å². The van der Waals surface area contributed by atoms with Crippen molar-refractivity contribution in [3.8, 4) is 11.5 Å². The average molecular weight is 293 g/mol. The molecule has 3 nitrogen and oxygen atoms in total. The average Bonchev–Trinajstić information content (AvgIpc) is 2.47. The summed E-state index contributed by atoms with van der Waals surface area (Å²) in [6.45, 7) is -0.383. The standard InChI is InChI=1S/C16H17F2NO2/c1-2-20-13-7-3-5-11(9-13)15(19)12-6-4-8-14(10-12)21-16(17)18/h3-10,15-16H,2,19H2,1H3. The van der Waals surface area contributed by atoms with Crippen molar-refractivity contribution in [3.05, 3.63) is 59.7 Å². The number of hydrogen-bond acceptors (Lipinski definition) is 3. The van der Waals surface area contributed by atoms with Crippen LogP contribution in [-0.2, 0) is 0 Å². The highest BCUT2D eigenvalue weighted by Gasteiger charge is 2.12. The molecule has 2 rings (SSSR count). The lowest BCUT2D eigenvalue weighted by Gasteiger charge is -2.15. The maximum atomic E-state index is 12.2. The first-order valence-corrected chi connectivity index (χ1v) is 6.63. The maximum Gasteiger partial charge on any atom is 0.387 e. The zero-order valence-electron chi connectivity index (χ0n) is 11.6. The van der Waals surface area contributed by atoms with Crippen LogP contribution in [0.4, 0.5) is 8.78 Å². The van der Waals surface area contributed by atoms with E-state index in [1.54, 1.807) is 12.1 Å². The summed E-state index contributed by atoms with van der Waals surface area (Å²) >= 11 is 0. The molecular formula is C16H17F2NO2. The van der Waals surface area contributed by atoms with E-state index in [0.29, 0.717) is 12.2 Å². The lowest BCUT2D eigenvalue weighted by atomic mass is 9.99. The van der Waals surface area contributed by atoms with E-state index in [2.05, 4.69) is 4.74 Å². The van der Waals surface area contributed by atoms with Gasteiger partial charge in [-0.2, -0.15) is 8.78 Å². The highest BCUT2D eigenvalue weighted by atomic mass is 19.3. The predicted octanol–water partition coefficient (Wildman–Crippen LogP) is 3.73. The van der Waals surface area contributed by atoms with Gasteiger partial charge in [0.05, 0.1) is 12.6 Å². The van der Waals surface area contributed by atoms with E-state index in [1.807, 2.05) is 31.2 Å². The quantitative estimate of drug-likeness (QED) is 0.882. The molecule has 0 aliphatic carbocycles. The lowest BCUT2D eigenvalue weighted by Crippen LogP contribution is -2.12. The molecule has 1 unspecified atom stereocenters. The molecule has 1 atom stereocenters. The first-order valence-electron chi connectivity index (χ1n) is 6.63. The minimum atomic E-state index is -2.85. The molecule has 0 aliphatic rings. The molecule has 0 radical (unpaired) electrons. The Morgan fingerprint density at radius 1 is 1.00 bits per heavy atom. The fraction of sp³-hybridized carbons (Fsp3) is 0.250. The van der Waals surface area contributed by atoms with E-state index in [-0.39, 0.29) is 5.75 Å². The van der Waals surface area contributed by atoms with Gasteiger partial charge in [-0.05, 0) is 42.3 Å². The van der Waals surface area contributed by atoms with E-state index >= 15 is 0 Å². The lowest BCUT2D eigenvalue weighted by molar-refractivity contribution is -0.0498.